The quantitative estimate of drug-likeness (QED) is 0.473. The monoisotopic (exact) mass is 486 g/mol. The van der Waals surface area contributed by atoms with E-state index in [0.29, 0.717) is 65.4 Å². The van der Waals surface area contributed by atoms with Gasteiger partial charge in [-0.05, 0) is 12.8 Å². The molecule has 34 heavy (non-hydrogen) atoms. The smallest absolute Gasteiger partial charge is 0.308 e. The summed E-state index contributed by atoms with van der Waals surface area (Å²) in [6, 6.07) is 0. The fraction of sp³-hybridized carbons (Fsp3) is 0.833. The van der Waals surface area contributed by atoms with Gasteiger partial charge in [-0.25, -0.2) is 0 Å². The number of nitrogens with zero attached hydrogens (tertiary/aromatic N) is 2. The Hall–Kier alpha value is -2.20. The van der Waals surface area contributed by atoms with Gasteiger partial charge in [0.25, 0.3) is 0 Å². The van der Waals surface area contributed by atoms with Crippen molar-refractivity contribution in [1.82, 2.24) is 9.80 Å². The molecule has 1 heterocycles. The van der Waals surface area contributed by atoms with Crippen molar-refractivity contribution in [1.29, 1.82) is 0 Å². The largest absolute Gasteiger partial charge is 0.469 e. The minimum Gasteiger partial charge on any atom is -0.469 e. The van der Waals surface area contributed by atoms with Gasteiger partial charge < -0.3 is 28.7 Å². The highest BCUT2D eigenvalue weighted by atomic mass is 16.5. The zero-order chi connectivity index (χ0) is 25.7. The van der Waals surface area contributed by atoms with Crippen molar-refractivity contribution < 1.29 is 38.1 Å². The lowest BCUT2D eigenvalue weighted by Crippen LogP contribution is -2.43. The van der Waals surface area contributed by atoms with Crippen molar-refractivity contribution in [2.75, 3.05) is 66.8 Å². The summed E-state index contributed by atoms with van der Waals surface area (Å²) < 4.78 is 21.0. The van der Waals surface area contributed by atoms with Crippen LogP contribution in [0.1, 0.15) is 40.5 Å². The van der Waals surface area contributed by atoms with Crippen molar-refractivity contribution in [3.05, 3.63) is 0 Å². The average molecular weight is 487 g/mol. The minimum absolute atomic E-state index is 0.0506. The number of carbonyl (C=O) groups is 4. The molecule has 1 rings (SSSR count). The summed E-state index contributed by atoms with van der Waals surface area (Å²) in [6.45, 7) is 10.1. The number of hydrogen-bond donors (Lipinski definition) is 0. The highest BCUT2D eigenvalue weighted by Gasteiger charge is 2.27. The van der Waals surface area contributed by atoms with Gasteiger partial charge in [-0.15, -0.1) is 0 Å². The van der Waals surface area contributed by atoms with E-state index in [4.69, 9.17) is 18.9 Å². The minimum atomic E-state index is -0.356. The number of ether oxygens (including phenoxy) is 4. The fourth-order valence-corrected chi connectivity index (χ4v) is 4.05. The summed E-state index contributed by atoms with van der Waals surface area (Å²) >= 11 is 0. The molecule has 0 bridgehead atoms. The van der Waals surface area contributed by atoms with Gasteiger partial charge in [0, 0.05) is 38.0 Å². The number of rotatable bonds is 8. The number of carbonyl (C=O) groups excluding carboxylic acids is 4. The highest BCUT2D eigenvalue weighted by Crippen LogP contribution is 2.17. The van der Waals surface area contributed by atoms with Gasteiger partial charge in [0.05, 0.1) is 52.5 Å². The molecule has 10 heteroatoms. The van der Waals surface area contributed by atoms with Crippen molar-refractivity contribution in [3.63, 3.8) is 0 Å². The van der Waals surface area contributed by atoms with Crippen molar-refractivity contribution >= 4 is 23.8 Å². The lowest BCUT2D eigenvalue weighted by molar-refractivity contribution is -0.147. The van der Waals surface area contributed by atoms with Gasteiger partial charge >= 0.3 is 11.9 Å². The second-order valence-corrected chi connectivity index (χ2v) is 9.00. The van der Waals surface area contributed by atoms with Gasteiger partial charge in [0.2, 0.25) is 11.8 Å². The first-order chi connectivity index (χ1) is 16.1. The molecule has 0 unspecified atom stereocenters. The third-order valence-electron chi connectivity index (χ3n) is 6.11. The Bertz CT molecular complexity index is 603. The summed E-state index contributed by atoms with van der Waals surface area (Å²) in [7, 11) is 2.68. The Morgan fingerprint density at radius 1 is 0.618 bits per heavy atom. The molecule has 1 fully saturated rings. The van der Waals surface area contributed by atoms with Crippen LogP contribution in [0.3, 0.4) is 0 Å². The van der Waals surface area contributed by atoms with Crippen LogP contribution in [0.25, 0.3) is 0 Å². The Morgan fingerprint density at radius 3 is 1.18 bits per heavy atom. The first kappa shape index (κ1) is 29.8. The molecule has 0 aromatic heterocycles. The van der Waals surface area contributed by atoms with Gasteiger partial charge in [0.1, 0.15) is 0 Å². The predicted octanol–water partition coefficient (Wildman–Crippen LogP) is 1.36. The number of amides is 2. The van der Waals surface area contributed by atoms with Crippen LogP contribution >= 0.6 is 0 Å². The molecule has 0 aliphatic carbocycles. The Morgan fingerprint density at radius 2 is 0.912 bits per heavy atom. The van der Waals surface area contributed by atoms with Crippen LogP contribution in [-0.4, -0.2) is 100 Å². The van der Waals surface area contributed by atoms with E-state index in [9.17, 15) is 19.2 Å². The molecular weight excluding hydrogens is 444 g/mol. The topological polar surface area (TPSA) is 112 Å². The Labute approximate surface area is 203 Å². The van der Waals surface area contributed by atoms with Crippen LogP contribution in [-0.2, 0) is 38.1 Å². The molecule has 10 nitrogen and oxygen atoms in total. The maximum absolute atomic E-state index is 12.9. The van der Waals surface area contributed by atoms with Gasteiger partial charge in [-0.2, -0.15) is 0 Å². The normalized spacial score (nSPS) is 19.6. The van der Waals surface area contributed by atoms with E-state index >= 15 is 0 Å². The number of hydrogen-bond acceptors (Lipinski definition) is 8. The van der Waals surface area contributed by atoms with Gasteiger partial charge in [0.15, 0.2) is 0 Å². The van der Waals surface area contributed by atoms with Crippen molar-refractivity contribution in [3.8, 4) is 0 Å². The van der Waals surface area contributed by atoms with Gasteiger partial charge in [-0.1, -0.05) is 27.7 Å². The molecule has 1 aliphatic rings. The lowest BCUT2D eigenvalue weighted by atomic mass is 9.96. The third-order valence-corrected chi connectivity index (χ3v) is 6.11. The summed E-state index contributed by atoms with van der Waals surface area (Å²) in [5.74, 6) is -2.12. The second-order valence-electron chi connectivity index (χ2n) is 9.00. The molecule has 0 N–H and O–H groups in total. The molecule has 2 amide bonds. The third kappa shape index (κ3) is 9.97. The Kier molecular flexibility index (Phi) is 13.7. The SMILES string of the molecule is COC(=O)[C@H](C)C[C@@H](C)C(=O)N1CCOCCN(C(=O)[C@@H](C)C[C@@H](C)C(=O)OC)CCOCC1. The fourth-order valence-electron chi connectivity index (χ4n) is 4.05. The molecule has 1 saturated heterocycles. The van der Waals surface area contributed by atoms with Crippen molar-refractivity contribution in [2.24, 2.45) is 23.7 Å². The summed E-state index contributed by atoms with van der Waals surface area (Å²) in [5.41, 5.74) is 0. The summed E-state index contributed by atoms with van der Waals surface area (Å²) in [5, 5.41) is 0. The Balaban J connectivity index is 2.61. The predicted molar refractivity (Wildman–Crippen MR) is 125 cm³/mol. The second kappa shape index (κ2) is 15.7. The van der Waals surface area contributed by atoms with Crippen LogP contribution < -0.4 is 0 Å². The molecule has 0 spiro atoms. The summed E-state index contributed by atoms with van der Waals surface area (Å²) in [6.07, 6.45) is 0.821. The molecule has 0 radical (unpaired) electrons. The first-order valence-corrected chi connectivity index (χ1v) is 12.0. The molecule has 0 saturated carbocycles. The molecular formula is C24H42N2O8. The van der Waals surface area contributed by atoms with Crippen molar-refractivity contribution in [2.45, 2.75) is 40.5 Å². The van der Waals surface area contributed by atoms with Crippen LogP contribution in [0.5, 0.6) is 0 Å². The van der Waals surface area contributed by atoms with E-state index in [0.717, 1.165) is 0 Å². The molecule has 0 aromatic carbocycles. The highest BCUT2D eigenvalue weighted by molar-refractivity contribution is 5.80. The van der Waals surface area contributed by atoms with E-state index in [1.165, 1.54) is 14.2 Å². The molecule has 1 aliphatic heterocycles. The van der Waals surface area contributed by atoms with E-state index in [-0.39, 0.29) is 47.4 Å². The first-order valence-electron chi connectivity index (χ1n) is 12.0. The van der Waals surface area contributed by atoms with E-state index in [2.05, 4.69) is 0 Å². The summed E-state index contributed by atoms with van der Waals surface area (Å²) in [4.78, 5) is 52.6. The zero-order valence-electron chi connectivity index (χ0n) is 21.5. The van der Waals surface area contributed by atoms with E-state index in [1.807, 2.05) is 13.8 Å². The maximum atomic E-state index is 12.9. The zero-order valence-corrected chi connectivity index (χ0v) is 21.5. The van der Waals surface area contributed by atoms with Crippen LogP contribution in [0.2, 0.25) is 0 Å². The number of esters is 2. The van der Waals surface area contributed by atoms with Crippen LogP contribution in [0.4, 0.5) is 0 Å². The van der Waals surface area contributed by atoms with Crippen LogP contribution in [0.15, 0.2) is 0 Å². The lowest BCUT2D eigenvalue weighted by Gasteiger charge is -2.29. The average Bonchev–Trinajstić information content (AvgIpc) is 2.82. The van der Waals surface area contributed by atoms with E-state index < -0.39 is 0 Å². The number of methoxy groups -OCH3 is 2. The molecule has 196 valence electrons. The standard InChI is InChI=1S/C24H42N2O8/c1-17(15-19(3)23(29)31-5)21(27)25-7-11-33-13-9-26(10-14-34-12-8-25)22(28)18(2)16-20(4)24(30)32-6/h17-20H,7-16H2,1-6H3/t17-,18+,19-,20-/m1/s1. The molecule has 0 aromatic rings. The van der Waals surface area contributed by atoms with E-state index in [1.54, 1.807) is 23.6 Å². The van der Waals surface area contributed by atoms with Gasteiger partial charge in [-0.3, -0.25) is 19.2 Å². The molecule has 4 atom stereocenters. The maximum Gasteiger partial charge on any atom is 0.308 e. The van der Waals surface area contributed by atoms with Crippen LogP contribution in [0, 0.1) is 23.7 Å².